The first-order chi connectivity index (χ1) is 6.92. The van der Waals surface area contributed by atoms with Crippen LogP contribution in [0.3, 0.4) is 0 Å². The fourth-order valence-electron chi connectivity index (χ4n) is 1.43. The van der Waals surface area contributed by atoms with E-state index in [2.05, 4.69) is 15.9 Å². The number of pyridine rings is 1. The van der Waals surface area contributed by atoms with Crippen LogP contribution in [0.5, 0.6) is 0 Å². The van der Waals surface area contributed by atoms with E-state index in [1.54, 1.807) is 12.4 Å². The van der Waals surface area contributed by atoms with Crippen molar-refractivity contribution in [3.05, 3.63) is 30.1 Å². The van der Waals surface area contributed by atoms with E-state index >= 15 is 0 Å². The first kappa shape index (κ1) is 9.34. The average molecular weight is 211 g/mol. The third kappa shape index (κ3) is 1.82. The van der Waals surface area contributed by atoms with Gasteiger partial charge in [0, 0.05) is 23.5 Å². The molecule has 3 nitrogen and oxygen atoms in total. The predicted molar refractivity (Wildman–Crippen MR) is 56.9 cm³/mol. The summed E-state index contributed by atoms with van der Waals surface area (Å²) in [6.07, 6.45) is 7.63. The van der Waals surface area contributed by atoms with Gasteiger partial charge in [0.1, 0.15) is 5.76 Å². The fraction of sp³-hybridized carbons (Fsp3) is 0.300. The van der Waals surface area contributed by atoms with Gasteiger partial charge in [0.25, 0.3) is 0 Å². The van der Waals surface area contributed by atoms with Crippen LogP contribution in [0.4, 0.5) is 5.69 Å². The average Bonchev–Trinajstić information content (AvgIpc) is 2.30. The molecule has 2 rings (SSSR count). The van der Waals surface area contributed by atoms with Crippen LogP contribution in [0.2, 0.25) is 0 Å². The number of anilines is 1. The third-order valence-corrected chi connectivity index (χ3v) is 2.33. The number of halogens is 1. The highest BCUT2D eigenvalue weighted by atomic mass is 35.5. The fourth-order valence-corrected chi connectivity index (χ4v) is 1.58. The number of hydrogen-bond donors (Lipinski definition) is 1. The molecule has 0 bridgehead atoms. The molecule has 0 aromatic carbocycles. The van der Waals surface area contributed by atoms with Gasteiger partial charge in [0.15, 0.2) is 0 Å². The lowest BCUT2D eigenvalue weighted by molar-refractivity contribution is 0.259. The molecule has 74 valence electrons. The third-order valence-electron chi connectivity index (χ3n) is 2.12. The van der Waals surface area contributed by atoms with Crippen LogP contribution in [0, 0.1) is 0 Å². The number of rotatable bonds is 2. The largest absolute Gasteiger partial charge is 0.493 e. The Kier molecular flexibility index (Phi) is 2.89. The van der Waals surface area contributed by atoms with Crippen LogP contribution >= 0.6 is 11.8 Å². The summed E-state index contributed by atoms with van der Waals surface area (Å²) in [6, 6.07) is 1.89. The molecule has 0 radical (unpaired) electrons. The molecule has 1 N–H and O–H groups in total. The number of aromatic nitrogens is 1. The highest BCUT2D eigenvalue weighted by molar-refractivity contribution is 6.24. The van der Waals surface area contributed by atoms with E-state index in [4.69, 9.17) is 16.5 Å². The first-order valence-corrected chi connectivity index (χ1v) is 4.93. The molecule has 0 amide bonds. The van der Waals surface area contributed by atoms with Gasteiger partial charge in [-0.3, -0.25) is 9.82 Å². The SMILES string of the molecule is ClNc1cnccc1C1=CCCCO1. The van der Waals surface area contributed by atoms with Crippen molar-refractivity contribution < 1.29 is 4.74 Å². The number of nitrogens with one attached hydrogen (secondary N) is 1. The molecule has 0 fully saturated rings. The summed E-state index contributed by atoms with van der Waals surface area (Å²) in [7, 11) is 0. The molecule has 1 aromatic heterocycles. The van der Waals surface area contributed by atoms with E-state index in [0.29, 0.717) is 0 Å². The van der Waals surface area contributed by atoms with Gasteiger partial charge in [-0.15, -0.1) is 0 Å². The molecule has 0 atom stereocenters. The maximum atomic E-state index is 5.58. The lowest BCUT2D eigenvalue weighted by atomic mass is 10.1. The number of nitrogens with zero attached hydrogens (tertiary/aromatic N) is 1. The van der Waals surface area contributed by atoms with E-state index in [1.807, 2.05) is 6.07 Å². The summed E-state index contributed by atoms with van der Waals surface area (Å²) < 4.78 is 5.54. The number of allylic oxidation sites excluding steroid dienone is 1. The van der Waals surface area contributed by atoms with Gasteiger partial charge in [-0.2, -0.15) is 0 Å². The Hall–Kier alpha value is -1.22. The van der Waals surface area contributed by atoms with Crippen molar-refractivity contribution in [3.8, 4) is 0 Å². The minimum atomic E-state index is 0.774. The quantitative estimate of drug-likeness (QED) is 0.763. The van der Waals surface area contributed by atoms with Crippen molar-refractivity contribution in [1.29, 1.82) is 0 Å². The lowest BCUT2D eigenvalue weighted by Crippen LogP contribution is -2.02. The molecule has 14 heavy (non-hydrogen) atoms. The molecule has 0 saturated carbocycles. The maximum Gasteiger partial charge on any atom is 0.124 e. The molecule has 0 unspecified atom stereocenters. The molecule has 1 aliphatic heterocycles. The van der Waals surface area contributed by atoms with Crippen molar-refractivity contribution in [2.45, 2.75) is 12.8 Å². The van der Waals surface area contributed by atoms with Crippen LogP contribution in [-0.4, -0.2) is 11.6 Å². The van der Waals surface area contributed by atoms with Crippen LogP contribution < -0.4 is 4.84 Å². The minimum absolute atomic E-state index is 0.774. The van der Waals surface area contributed by atoms with Crippen LogP contribution in [0.25, 0.3) is 5.76 Å². The second-order valence-electron chi connectivity index (χ2n) is 3.07. The van der Waals surface area contributed by atoms with Crippen LogP contribution in [0.1, 0.15) is 18.4 Å². The summed E-state index contributed by atoms with van der Waals surface area (Å²) in [5.41, 5.74) is 1.75. The van der Waals surface area contributed by atoms with E-state index < -0.39 is 0 Å². The number of hydrogen-bond acceptors (Lipinski definition) is 3. The van der Waals surface area contributed by atoms with Gasteiger partial charge in [-0.25, -0.2) is 0 Å². The Morgan fingerprint density at radius 3 is 3.14 bits per heavy atom. The highest BCUT2D eigenvalue weighted by Crippen LogP contribution is 2.27. The molecule has 0 aliphatic carbocycles. The molecule has 2 heterocycles. The van der Waals surface area contributed by atoms with E-state index in [-0.39, 0.29) is 0 Å². The molecular weight excluding hydrogens is 200 g/mol. The molecule has 0 saturated heterocycles. The zero-order valence-corrected chi connectivity index (χ0v) is 8.42. The zero-order chi connectivity index (χ0) is 9.80. The van der Waals surface area contributed by atoms with Crippen LogP contribution in [-0.2, 0) is 4.74 Å². The van der Waals surface area contributed by atoms with Crippen molar-refractivity contribution in [1.82, 2.24) is 4.98 Å². The normalized spacial score (nSPS) is 15.6. The van der Waals surface area contributed by atoms with Gasteiger partial charge in [-0.1, -0.05) is 0 Å². The van der Waals surface area contributed by atoms with Gasteiger partial charge >= 0.3 is 0 Å². The minimum Gasteiger partial charge on any atom is -0.493 e. The second-order valence-corrected chi connectivity index (χ2v) is 3.26. The van der Waals surface area contributed by atoms with Crippen molar-refractivity contribution in [2.75, 3.05) is 11.4 Å². The summed E-state index contributed by atoms with van der Waals surface area (Å²) in [4.78, 5) is 6.56. The zero-order valence-electron chi connectivity index (χ0n) is 7.66. The summed E-state index contributed by atoms with van der Waals surface area (Å²) in [5, 5.41) is 0. The Labute approximate surface area is 87.9 Å². The van der Waals surface area contributed by atoms with E-state index in [1.165, 1.54) is 0 Å². The maximum absolute atomic E-state index is 5.58. The summed E-state index contributed by atoms with van der Waals surface area (Å²) in [5.74, 6) is 0.891. The highest BCUT2D eigenvalue weighted by Gasteiger charge is 2.10. The predicted octanol–water partition coefficient (Wildman–Crippen LogP) is 2.80. The standard InChI is InChI=1S/C10H11ClN2O/c11-13-9-7-12-5-4-8(9)10-3-1-2-6-14-10/h3-5,7,13H,1-2,6H2. The van der Waals surface area contributed by atoms with Crippen molar-refractivity contribution in [3.63, 3.8) is 0 Å². The van der Waals surface area contributed by atoms with E-state index in [0.717, 1.165) is 36.5 Å². The summed E-state index contributed by atoms with van der Waals surface area (Å²) in [6.45, 7) is 0.774. The molecular formula is C10H11ClN2O. The molecule has 0 spiro atoms. The second kappa shape index (κ2) is 4.33. The Morgan fingerprint density at radius 1 is 1.50 bits per heavy atom. The smallest absolute Gasteiger partial charge is 0.124 e. The Bertz CT molecular complexity index is 352. The number of ether oxygens (including phenoxy) is 1. The van der Waals surface area contributed by atoms with Gasteiger partial charge in [-0.05, 0) is 25.0 Å². The topological polar surface area (TPSA) is 34.2 Å². The molecule has 1 aromatic rings. The van der Waals surface area contributed by atoms with Gasteiger partial charge in [0.2, 0.25) is 0 Å². The first-order valence-electron chi connectivity index (χ1n) is 4.56. The summed E-state index contributed by atoms with van der Waals surface area (Å²) >= 11 is 5.58. The van der Waals surface area contributed by atoms with Crippen molar-refractivity contribution in [2.24, 2.45) is 0 Å². The molecule has 1 aliphatic rings. The van der Waals surface area contributed by atoms with Crippen LogP contribution in [0.15, 0.2) is 24.5 Å². The molecule has 4 heteroatoms. The van der Waals surface area contributed by atoms with Gasteiger partial charge in [0.05, 0.1) is 18.5 Å². The Balaban J connectivity index is 2.34. The monoisotopic (exact) mass is 210 g/mol. The van der Waals surface area contributed by atoms with Gasteiger partial charge < -0.3 is 4.74 Å². The van der Waals surface area contributed by atoms with Crippen molar-refractivity contribution >= 4 is 23.2 Å². The lowest BCUT2D eigenvalue weighted by Gasteiger charge is -2.16. The Morgan fingerprint density at radius 2 is 2.43 bits per heavy atom. The van der Waals surface area contributed by atoms with E-state index in [9.17, 15) is 0 Å².